The van der Waals surface area contributed by atoms with Crippen LogP contribution in [0.25, 0.3) is 16.6 Å². The highest BCUT2D eigenvalue weighted by molar-refractivity contribution is 5.91. The third kappa shape index (κ3) is 4.50. The van der Waals surface area contributed by atoms with E-state index in [9.17, 15) is 22.8 Å². The zero-order valence-electron chi connectivity index (χ0n) is 17.8. The zero-order chi connectivity index (χ0) is 23.8. The fourth-order valence-corrected chi connectivity index (χ4v) is 3.50. The van der Waals surface area contributed by atoms with Crippen molar-refractivity contribution >= 4 is 22.5 Å². The Balaban J connectivity index is 1.71. The van der Waals surface area contributed by atoms with Crippen LogP contribution >= 0.6 is 0 Å². The van der Waals surface area contributed by atoms with Crippen molar-refractivity contribution in [1.82, 2.24) is 19.6 Å². The van der Waals surface area contributed by atoms with Gasteiger partial charge in [-0.2, -0.15) is 23.4 Å². The molecule has 7 nitrogen and oxygen atoms in total. The molecule has 0 fully saturated rings. The number of anilines is 1. The molecule has 0 saturated heterocycles. The molecule has 0 aliphatic rings. The Labute approximate surface area is 186 Å². The molecule has 1 amide bonds. The van der Waals surface area contributed by atoms with E-state index in [2.05, 4.69) is 15.5 Å². The Bertz CT molecular complexity index is 1370. The van der Waals surface area contributed by atoms with Crippen LogP contribution in [0.4, 0.5) is 18.9 Å². The first-order valence-electron chi connectivity index (χ1n) is 10.2. The van der Waals surface area contributed by atoms with Crippen molar-refractivity contribution in [1.29, 1.82) is 0 Å². The molecule has 0 atom stereocenters. The summed E-state index contributed by atoms with van der Waals surface area (Å²) in [5.41, 5.74) is 0.0825. The predicted octanol–water partition coefficient (Wildman–Crippen LogP) is 4.36. The van der Waals surface area contributed by atoms with Crippen LogP contribution in [-0.4, -0.2) is 25.5 Å². The van der Waals surface area contributed by atoms with Gasteiger partial charge in [-0.05, 0) is 36.2 Å². The molecule has 2 aromatic heterocycles. The molecule has 0 bridgehead atoms. The van der Waals surface area contributed by atoms with E-state index in [-0.39, 0.29) is 17.1 Å². The summed E-state index contributed by atoms with van der Waals surface area (Å²) in [5, 5.41) is 11.7. The van der Waals surface area contributed by atoms with Crippen LogP contribution in [0.5, 0.6) is 0 Å². The Morgan fingerprint density at radius 3 is 2.48 bits per heavy atom. The van der Waals surface area contributed by atoms with Crippen LogP contribution in [0, 0.1) is 0 Å². The number of para-hydroxylation sites is 1. The van der Waals surface area contributed by atoms with E-state index in [0.29, 0.717) is 16.8 Å². The molecule has 2 aromatic carbocycles. The average molecular weight is 455 g/mol. The number of hydrogen-bond acceptors (Lipinski definition) is 4. The predicted molar refractivity (Wildman–Crippen MR) is 117 cm³/mol. The fourth-order valence-electron chi connectivity index (χ4n) is 3.50. The Morgan fingerprint density at radius 2 is 1.82 bits per heavy atom. The Morgan fingerprint density at radius 1 is 1.09 bits per heavy atom. The third-order valence-electron chi connectivity index (χ3n) is 5.03. The highest BCUT2D eigenvalue weighted by atomic mass is 19.4. The minimum atomic E-state index is -4.54. The minimum absolute atomic E-state index is 0.0256. The molecule has 0 spiro atoms. The lowest BCUT2D eigenvalue weighted by Crippen LogP contribution is -2.31. The largest absolute Gasteiger partial charge is 0.416 e. The second kappa shape index (κ2) is 8.53. The van der Waals surface area contributed by atoms with Gasteiger partial charge in [0.05, 0.1) is 23.1 Å². The van der Waals surface area contributed by atoms with Gasteiger partial charge < -0.3 is 5.32 Å². The summed E-state index contributed by atoms with van der Waals surface area (Å²) >= 11 is 0. The van der Waals surface area contributed by atoms with Crippen LogP contribution in [0.3, 0.4) is 0 Å². The minimum Gasteiger partial charge on any atom is -0.324 e. The lowest BCUT2D eigenvalue weighted by molar-refractivity contribution is -0.137. The van der Waals surface area contributed by atoms with E-state index >= 15 is 0 Å². The van der Waals surface area contributed by atoms with Crippen molar-refractivity contribution in [3.63, 3.8) is 0 Å². The molecule has 1 N–H and O–H groups in total. The Hall–Kier alpha value is -3.95. The molecule has 4 aromatic rings. The molecule has 10 heteroatoms. The van der Waals surface area contributed by atoms with Crippen LogP contribution in [0.1, 0.15) is 31.0 Å². The maximum absolute atomic E-state index is 13.2. The molecule has 0 aliphatic carbocycles. The van der Waals surface area contributed by atoms with E-state index < -0.39 is 29.8 Å². The number of alkyl halides is 3. The fraction of sp³-hybridized carbons (Fsp3) is 0.217. The molecule has 33 heavy (non-hydrogen) atoms. The molecule has 0 radical (unpaired) electrons. The summed E-state index contributed by atoms with van der Waals surface area (Å²) in [6.07, 6.45) is -2.97. The van der Waals surface area contributed by atoms with E-state index in [4.69, 9.17) is 0 Å². The van der Waals surface area contributed by atoms with E-state index in [1.54, 1.807) is 18.3 Å². The molecule has 0 aliphatic heterocycles. The van der Waals surface area contributed by atoms with Crippen LogP contribution in [0.2, 0.25) is 0 Å². The first-order valence-corrected chi connectivity index (χ1v) is 10.2. The molecular weight excluding hydrogens is 435 g/mol. The second-order valence-electron chi connectivity index (χ2n) is 7.78. The summed E-state index contributed by atoms with van der Waals surface area (Å²) in [5.74, 6) is -0.747. The van der Waals surface area contributed by atoms with Crippen molar-refractivity contribution < 1.29 is 18.0 Å². The summed E-state index contributed by atoms with van der Waals surface area (Å²) in [4.78, 5) is 25.8. The van der Waals surface area contributed by atoms with Crippen LogP contribution in [-0.2, 0) is 17.5 Å². The van der Waals surface area contributed by atoms with Crippen LogP contribution in [0.15, 0.2) is 65.6 Å². The monoisotopic (exact) mass is 455 g/mol. The topological polar surface area (TPSA) is 81.8 Å². The SMILES string of the molecule is CC(C)c1nn(CC(=O)Nc2cccc(C(F)(F)F)c2)c(=O)c2c1cnn2-c1ccccc1. The normalized spacial score (nSPS) is 11.8. The standard InChI is InChI=1S/C23H20F3N5O2/c1-14(2)20-18-12-27-31(17-9-4-3-5-10-17)21(18)22(33)30(29-20)13-19(32)28-16-8-6-7-15(11-16)23(24,25)26/h3-12,14H,13H2,1-2H3,(H,28,32). The molecule has 2 heterocycles. The average Bonchev–Trinajstić information content (AvgIpc) is 3.21. The second-order valence-corrected chi connectivity index (χ2v) is 7.78. The first-order chi connectivity index (χ1) is 15.6. The van der Waals surface area contributed by atoms with Crippen molar-refractivity contribution in [2.45, 2.75) is 32.5 Å². The van der Waals surface area contributed by atoms with E-state index in [0.717, 1.165) is 16.8 Å². The smallest absolute Gasteiger partial charge is 0.324 e. The summed E-state index contributed by atoms with van der Waals surface area (Å²) in [6.45, 7) is 3.34. The summed E-state index contributed by atoms with van der Waals surface area (Å²) in [7, 11) is 0. The van der Waals surface area contributed by atoms with Gasteiger partial charge in [0.2, 0.25) is 5.91 Å². The van der Waals surface area contributed by atoms with Crippen molar-refractivity contribution in [3.8, 4) is 5.69 Å². The van der Waals surface area contributed by atoms with Crippen molar-refractivity contribution in [3.05, 3.63) is 82.4 Å². The number of benzene rings is 2. The maximum atomic E-state index is 13.2. The van der Waals surface area contributed by atoms with Gasteiger partial charge in [-0.3, -0.25) is 9.59 Å². The number of nitrogens with one attached hydrogen (secondary N) is 1. The quantitative estimate of drug-likeness (QED) is 0.485. The molecule has 0 unspecified atom stereocenters. The lowest BCUT2D eigenvalue weighted by Gasteiger charge is -2.13. The number of nitrogens with zero attached hydrogens (tertiary/aromatic N) is 4. The van der Waals surface area contributed by atoms with Crippen LogP contribution < -0.4 is 10.9 Å². The number of hydrogen-bond donors (Lipinski definition) is 1. The van der Waals surface area contributed by atoms with Gasteiger partial charge in [-0.25, -0.2) is 9.36 Å². The number of rotatable bonds is 5. The summed E-state index contributed by atoms with van der Waals surface area (Å²) in [6, 6.07) is 13.4. The molecular formula is C23H20F3N5O2. The molecule has 0 saturated carbocycles. The number of carbonyl (C=O) groups is 1. The third-order valence-corrected chi connectivity index (χ3v) is 5.03. The summed E-state index contributed by atoms with van der Waals surface area (Å²) < 4.78 is 41.3. The zero-order valence-corrected chi connectivity index (χ0v) is 17.8. The highest BCUT2D eigenvalue weighted by Crippen LogP contribution is 2.30. The van der Waals surface area contributed by atoms with Gasteiger partial charge in [0.1, 0.15) is 12.1 Å². The number of carbonyl (C=O) groups excluding carboxylic acids is 1. The van der Waals surface area contributed by atoms with Gasteiger partial charge in [0.15, 0.2) is 0 Å². The van der Waals surface area contributed by atoms with E-state index in [1.165, 1.54) is 16.8 Å². The van der Waals surface area contributed by atoms with Gasteiger partial charge in [0, 0.05) is 11.1 Å². The number of halogens is 3. The maximum Gasteiger partial charge on any atom is 0.416 e. The van der Waals surface area contributed by atoms with Gasteiger partial charge in [-0.1, -0.05) is 38.1 Å². The number of amides is 1. The Kier molecular flexibility index (Phi) is 5.75. The van der Waals surface area contributed by atoms with Gasteiger partial charge >= 0.3 is 6.18 Å². The van der Waals surface area contributed by atoms with Crippen molar-refractivity contribution in [2.24, 2.45) is 0 Å². The van der Waals surface area contributed by atoms with Gasteiger partial charge in [0.25, 0.3) is 5.56 Å². The number of aromatic nitrogens is 4. The molecule has 170 valence electrons. The van der Waals surface area contributed by atoms with Crippen molar-refractivity contribution in [2.75, 3.05) is 5.32 Å². The van der Waals surface area contributed by atoms with Gasteiger partial charge in [-0.15, -0.1) is 0 Å². The first kappa shape index (κ1) is 22.3. The van der Waals surface area contributed by atoms with E-state index in [1.807, 2.05) is 32.0 Å². The lowest BCUT2D eigenvalue weighted by atomic mass is 10.1. The molecule has 4 rings (SSSR count). The number of fused-ring (bicyclic) bond motifs is 1. The highest BCUT2D eigenvalue weighted by Gasteiger charge is 2.30.